The highest BCUT2D eigenvalue weighted by Gasteiger charge is 2.33. The standard InChI is InChI=1S/C23H15ClO5/c24-14-8-10-15(11-9-14)28-12-13-29-23(27)19-7-3-6-18-20(19)22(26)17-5-2-1-4-16(17)21(18)25/h1-11H,12-13H2. The van der Waals surface area contributed by atoms with Gasteiger partial charge in [-0.25, -0.2) is 4.79 Å². The minimum Gasteiger partial charge on any atom is -0.490 e. The predicted molar refractivity (Wildman–Crippen MR) is 107 cm³/mol. The molecule has 0 heterocycles. The van der Waals surface area contributed by atoms with E-state index in [1.54, 1.807) is 60.7 Å². The largest absolute Gasteiger partial charge is 0.490 e. The van der Waals surface area contributed by atoms with Crippen molar-refractivity contribution in [3.8, 4) is 5.75 Å². The Morgan fingerprint density at radius 1 is 0.759 bits per heavy atom. The van der Waals surface area contributed by atoms with E-state index in [-0.39, 0.29) is 47.0 Å². The lowest BCUT2D eigenvalue weighted by atomic mass is 9.82. The summed E-state index contributed by atoms with van der Waals surface area (Å²) in [7, 11) is 0. The highest BCUT2D eigenvalue weighted by atomic mass is 35.5. The van der Waals surface area contributed by atoms with Gasteiger partial charge in [0, 0.05) is 27.3 Å². The number of ketones is 2. The maximum atomic E-state index is 12.9. The van der Waals surface area contributed by atoms with Gasteiger partial charge < -0.3 is 9.47 Å². The van der Waals surface area contributed by atoms with Gasteiger partial charge in [0.1, 0.15) is 19.0 Å². The number of benzene rings is 3. The van der Waals surface area contributed by atoms with Crippen LogP contribution in [0.1, 0.15) is 42.2 Å². The maximum absolute atomic E-state index is 12.9. The summed E-state index contributed by atoms with van der Waals surface area (Å²) in [5.41, 5.74) is 0.991. The molecule has 0 amide bonds. The summed E-state index contributed by atoms with van der Waals surface area (Å²) >= 11 is 5.82. The topological polar surface area (TPSA) is 69.7 Å². The Balaban J connectivity index is 1.49. The molecule has 0 spiro atoms. The van der Waals surface area contributed by atoms with Gasteiger partial charge in [0.05, 0.1) is 5.56 Å². The molecule has 0 N–H and O–H groups in total. The summed E-state index contributed by atoms with van der Waals surface area (Å²) in [6.07, 6.45) is 0. The van der Waals surface area contributed by atoms with Crippen molar-refractivity contribution >= 4 is 29.1 Å². The summed E-state index contributed by atoms with van der Waals surface area (Å²) in [6.45, 7) is 0.127. The number of fused-ring (bicyclic) bond motifs is 2. The minimum atomic E-state index is -0.679. The second kappa shape index (κ2) is 7.89. The van der Waals surface area contributed by atoms with Gasteiger partial charge in [-0.15, -0.1) is 0 Å². The van der Waals surface area contributed by atoms with E-state index in [2.05, 4.69) is 0 Å². The normalized spacial score (nSPS) is 12.2. The van der Waals surface area contributed by atoms with Crippen molar-refractivity contribution in [1.82, 2.24) is 0 Å². The first-order valence-electron chi connectivity index (χ1n) is 8.93. The number of halogens is 1. The Morgan fingerprint density at radius 3 is 2.14 bits per heavy atom. The van der Waals surface area contributed by atoms with E-state index in [0.29, 0.717) is 16.3 Å². The lowest BCUT2D eigenvalue weighted by molar-refractivity contribution is 0.0448. The molecule has 1 aliphatic carbocycles. The Hall–Kier alpha value is -3.44. The first-order chi connectivity index (χ1) is 14.1. The molecule has 0 saturated heterocycles. The molecule has 0 unspecified atom stereocenters. The number of ether oxygens (including phenoxy) is 2. The van der Waals surface area contributed by atoms with Crippen molar-refractivity contribution in [2.75, 3.05) is 13.2 Å². The Bertz CT molecular complexity index is 1120. The van der Waals surface area contributed by atoms with Crippen molar-refractivity contribution < 1.29 is 23.9 Å². The van der Waals surface area contributed by atoms with Crippen LogP contribution >= 0.6 is 11.6 Å². The monoisotopic (exact) mass is 406 g/mol. The molecule has 3 aromatic carbocycles. The van der Waals surface area contributed by atoms with E-state index in [1.165, 1.54) is 6.07 Å². The molecule has 4 rings (SSSR count). The first-order valence-corrected chi connectivity index (χ1v) is 9.31. The quantitative estimate of drug-likeness (QED) is 0.364. The number of hydrogen-bond donors (Lipinski definition) is 0. The van der Waals surface area contributed by atoms with E-state index in [4.69, 9.17) is 21.1 Å². The molecule has 0 atom stereocenters. The minimum absolute atomic E-state index is 0.0101. The van der Waals surface area contributed by atoms with Crippen molar-refractivity contribution in [2.45, 2.75) is 0 Å². The maximum Gasteiger partial charge on any atom is 0.339 e. The molecule has 1 aliphatic rings. The zero-order valence-corrected chi connectivity index (χ0v) is 15.9. The molecule has 0 aliphatic heterocycles. The molecule has 3 aromatic rings. The summed E-state index contributed by atoms with van der Waals surface area (Å²) < 4.78 is 10.7. The molecule has 5 nitrogen and oxygen atoms in total. The van der Waals surface area contributed by atoms with Gasteiger partial charge in [0.25, 0.3) is 0 Å². The van der Waals surface area contributed by atoms with Crippen molar-refractivity contribution in [3.05, 3.63) is 99.6 Å². The molecule has 0 bridgehead atoms. The van der Waals surface area contributed by atoms with E-state index in [1.807, 2.05) is 0 Å². The third-order valence-electron chi connectivity index (χ3n) is 4.57. The van der Waals surface area contributed by atoms with Crippen LogP contribution in [-0.2, 0) is 4.74 Å². The van der Waals surface area contributed by atoms with Crippen LogP contribution in [0.2, 0.25) is 5.02 Å². The summed E-state index contributed by atoms with van der Waals surface area (Å²) in [5, 5.41) is 0.596. The number of esters is 1. The zero-order valence-electron chi connectivity index (χ0n) is 15.2. The third kappa shape index (κ3) is 3.65. The van der Waals surface area contributed by atoms with Gasteiger partial charge in [0.15, 0.2) is 11.6 Å². The van der Waals surface area contributed by atoms with Crippen LogP contribution in [0.4, 0.5) is 0 Å². The predicted octanol–water partition coefficient (Wildman–Crippen LogP) is 4.35. The number of carbonyl (C=O) groups excluding carboxylic acids is 3. The molecular weight excluding hydrogens is 392 g/mol. The second-order valence-corrected chi connectivity index (χ2v) is 6.81. The van der Waals surface area contributed by atoms with E-state index in [9.17, 15) is 14.4 Å². The second-order valence-electron chi connectivity index (χ2n) is 6.37. The molecule has 6 heteroatoms. The fourth-order valence-electron chi connectivity index (χ4n) is 3.22. The van der Waals surface area contributed by atoms with Gasteiger partial charge in [-0.1, -0.05) is 48.0 Å². The molecular formula is C23H15ClO5. The Labute approximate surface area is 171 Å². The third-order valence-corrected chi connectivity index (χ3v) is 4.82. The smallest absolute Gasteiger partial charge is 0.339 e. The van der Waals surface area contributed by atoms with Crippen LogP contribution < -0.4 is 4.74 Å². The first kappa shape index (κ1) is 18.9. The lowest BCUT2D eigenvalue weighted by Crippen LogP contribution is -2.24. The van der Waals surface area contributed by atoms with Crippen molar-refractivity contribution in [1.29, 1.82) is 0 Å². The highest BCUT2D eigenvalue weighted by Crippen LogP contribution is 2.29. The van der Waals surface area contributed by atoms with Gasteiger partial charge in [0.2, 0.25) is 0 Å². The van der Waals surface area contributed by atoms with Crippen LogP contribution in [0, 0.1) is 0 Å². The summed E-state index contributed by atoms with van der Waals surface area (Å²) in [4.78, 5) is 38.2. The molecule has 0 fully saturated rings. The van der Waals surface area contributed by atoms with Crippen LogP contribution in [0.25, 0.3) is 0 Å². The Kier molecular flexibility index (Phi) is 5.14. The zero-order chi connectivity index (χ0) is 20.4. The number of carbonyl (C=O) groups is 3. The summed E-state index contributed by atoms with van der Waals surface area (Å²) in [6, 6.07) is 18.0. The molecule has 0 aromatic heterocycles. The SMILES string of the molecule is O=C(OCCOc1ccc(Cl)cc1)c1cccc2c1C(=O)c1ccccc1C2=O. The fourth-order valence-corrected chi connectivity index (χ4v) is 3.34. The molecule has 0 radical (unpaired) electrons. The van der Waals surface area contributed by atoms with Crippen LogP contribution in [0.15, 0.2) is 66.7 Å². The Morgan fingerprint density at radius 2 is 1.41 bits per heavy atom. The van der Waals surface area contributed by atoms with Crippen LogP contribution in [-0.4, -0.2) is 30.7 Å². The average molecular weight is 407 g/mol. The molecule has 0 saturated carbocycles. The summed E-state index contributed by atoms with van der Waals surface area (Å²) in [5.74, 6) is -0.724. The van der Waals surface area contributed by atoms with E-state index in [0.717, 1.165) is 0 Å². The van der Waals surface area contributed by atoms with Crippen molar-refractivity contribution in [3.63, 3.8) is 0 Å². The van der Waals surface area contributed by atoms with E-state index >= 15 is 0 Å². The van der Waals surface area contributed by atoms with Gasteiger partial charge >= 0.3 is 5.97 Å². The van der Waals surface area contributed by atoms with Gasteiger partial charge in [-0.05, 0) is 30.3 Å². The van der Waals surface area contributed by atoms with Crippen LogP contribution in [0.3, 0.4) is 0 Å². The van der Waals surface area contributed by atoms with Gasteiger partial charge in [-0.3, -0.25) is 9.59 Å². The molecule has 29 heavy (non-hydrogen) atoms. The fraction of sp³-hybridized carbons (Fsp3) is 0.0870. The lowest BCUT2D eigenvalue weighted by Gasteiger charge is -2.19. The number of rotatable bonds is 5. The average Bonchev–Trinajstić information content (AvgIpc) is 2.75. The highest BCUT2D eigenvalue weighted by molar-refractivity contribution is 6.31. The van der Waals surface area contributed by atoms with E-state index < -0.39 is 5.97 Å². The van der Waals surface area contributed by atoms with Gasteiger partial charge in [-0.2, -0.15) is 0 Å². The molecule has 144 valence electrons. The van der Waals surface area contributed by atoms with Crippen LogP contribution in [0.5, 0.6) is 5.75 Å². The number of hydrogen-bond acceptors (Lipinski definition) is 5. The van der Waals surface area contributed by atoms with Crippen molar-refractivity contribution in [2.24, 2.45) is 0 Å².